The first-order valence-electron chi connectivity index (χ1n) is 6.85. The second-order valence-corrected chi connectivity index (χ2v) is 6.62. The summed E-state index contributed by atoms with van der Waals surface area (Å²) in [5.41, 5.74) is 0.598. The number of ether oxygens (including phenoxy) is 1. The minimum atomic E-state index is -0.409. The molecule has 24 heavy (non-hydrogen) atoms. The summed E-state index contributed by atoms with van der Waals surface area (Å²) in [6.07, 6.45) is 0. The zero-order valence-corrected chi connectivity index (χ0v) is 15.3. The van der Waals surface area contributed by atoms with Gasteiger partial charge in [-0.25, -0.2) is 4.98 Å². The second-order valence-electron chi connectivity index (χ2n) is 4.87. The lowest BCUT2D eigenvalue weighted by molar-refractivity contribution is -0.116. The number of benzene rings is 1. The maximum absolute atomic E-state index is 12.3. The summed E-state index contributed by atoms with van der Waals surface area (Å²) >= 11 is 13.3. The smallest absolute Gasteiger partial charge is 0.273 e. The number of likely N-dealkylation sites (N-methyl/N-ethyl adjacent to an activating group) is 1. The van der Waals surface area contributed by atoms with Crippen molar-refractivity contribution in [3.63, 3.8) is 0 Å². The Balaban J connectivity index is 1.99. The number of amides is 2. The first kappa shape index (κ1) is 18.7. The number of nitrogens with one attached hydrogen (secondary N) is 1. The van der Waals surface area contributed by atoms with Gasteiger partial charge in [-0.05, 0) is 12.1 Å². The van der Waals surface area contributed by atoms with Crippen LogP contribution in [0.2, 0.25) is 10.0 Å². The minimum Gasteiger partial charge on any atom is -0.378 e. The fourth-order valence-electron chi connectivity index (χ4n) is 1.88. The molecule has 0 radical (unpaired) electrons. The van der Waals surface area contributed by atoms with Crippen LogP contribution in [0, 0.1) is 0 Å². The predicted molar refractivity (Wildman–Crippen MR) is 94.9 cm³/mol. The first-order valence-corrected chi connectivity index (χ1v) is 8.48. The molecule has 2 aromatic rings. The van der Waals surface area contributed by atoms with Crippen molar-refractivity contribution in [2.45, 2.75) is 6.61 Å². The van der Waals surface area contributed by atoms with Crippen LogP contribution in [0.5, 0.6) is 0 Å². The van der Waals surface area contributed by atoms with Gasteiger partial charge in [-0.2, -0.15) is 0 Å². The third kappa shape index (κ3) is 4.67. The van der Waals surface area contributed by atoms with Crippen LogP contribution in [0.15, 0.2) is 23.6 Å². The topological polar surface area (TPSA) is 71.5 Å². The molecule has 0 bridgehead atoms. The number of methoxy groups -OCH3 is 1. The van der Waals surface area contributed by atoms with E-state index in [0.29, 0.717) is 27.3 Å². The molecule has 1 aromatic heterocycles. The number of aromatic nitrogens is 1. The highest BCUT2D eigenvalue weighted by molar-refractivity contribution is 7.09. The van der Waals surface area contributed by atoms with Crippen LogP contribution >= 0.6 is 34.5 Å². The Kier molecular flexibility index (Phi) is 6.56. The number of nitrogens with zero attached hydrogens (tertiary/aromatic N) is 2. The predicted octanol–water partition coefficient (Wildman–Crippen LogP) is 3.31. The number of para-hydroxylation sites is 1. The average molecular weight is 388 g/mol. The molecule has 1 heterocycles. The quantitative estimate of drug-likeness (QED) is 0.824. The van der Waals surface area contributed by atoms with Crippen molar-refractivity contribution in [2.75, 3.05) is 26.0 Å². The van der Waals surface area contributed by atoms with Gasteiger partial charge in [0.05, 0.1) is 28.9 Å². The van der Waals surface area contributed by atoms with Crippen molar-refractivity contribution in [1.29, 1.82) is 0 Å². The lowest BCUT2D eigenvalue weighted by Gasteiger charge is -2.16. The molecule has 0 saturated carbocycles. The third-order valence-electron chi connectivity index (χ3n) is 2.99. The molecule has 128 valence electrons. The van der Waals surface area contributed by atoms with Gasteiger partial charge in [0.25, 0.3) is 5.91 Å². The van der Waals surface area contributed by atoms with E-state index in [1.807, 2.05) is 0 Å². The number of halogens is 2. The Morgan fingerprint density at radius 1 is 1.33 bits per heavy atom. The second kappa shape index (κ2) is 8.43. The van der Waals surface area contributed by atoms with E-state index in [0.717, 1.165) is 0 Å². The van der Waals surface area contributed by atoms with Gasteiger partial charge in [0.1, 0.15) is 10.7 Å². The summed E-state index contributed by atoms with van der Waals surface area (Å²) in [5, 5.41) is 5.59. The van der Waals surface area contributed by atoms with Gasteiger partial charge in [-0.15, -0.1) is 11.3 Å². The van der Waals surface area contributed by atoms with E-state index in [1.54, 1.807) is 30.7 Å². The molecule has 0 aliphatic rings. The van der Waals surface area contributed by atoms with Crippen LogP contribution in [0.4, 0.5) is 5.69 Å². The van der Waals surface area contributed by atoms with E-state index in [2.05, 4.69) is 10.3 Å². The van der Waals surface area contributed by atoms with Crippen molar-refractivity contribution in [1.82, 2.24) is 9.88 Å². The lowest BCUT2D eigenvalue weighted by atomic mass is 10.3. The SMILES string of the molecule is COCc1nc(C(=O)N(C)CC(=O)Nc2c(Cl)cccc2Cl)cs1. The standard InChI is InChI=1S/C15H15Cl2N3O3S/c1-20(15(22)11-8-24-13(18-11)7-23-2)6-12(21)19-14-9(16)4-3-5-10(14)17/h3-5,8H,6-7H2,1-2H3,(H,19,21). The lowest BCUT2D eigenvalue weighted by Crippen LogP contribution is -2.35. The van der Waals surface area contributed by atoms with Crippen molar-refractivity contribution in [2.24, 2.45) is 0 Å². The van der Waals surface area contributed by atoms with Crippen LogP contribution in [0.1, 0.15) is 15.5 Å². The van der Waals surface area contributed by atoms with Gasteiger partial charge < -0.3 is 15.0 Å². The van der Waals surface area contributed by atoms with Crippen molar-refractivity contribution in [3.8, 4) is 0 Å². The molecule has 2 amide bonds. The normalized spacial score (nSPS) is 10.5. The average Bonchev–Trinajstić information content (AvgIpc) is 2.99. The minimum absolute atomic E-state index is 0.155. The number of carbonyl (C=O) groups excluding carboxylic acids is 2. The number of hydrogen-bond donors (Lipinski definition) is 1. The van der Waals surface area contributed by atoms with E-state index < -0.39 is 5.91 Å². The van der Waals surface area contributed by atoms with Gasteiger partial charge in [0, 0.05) is 19.5 Å². The molecule has 0 saturated heterocycles. The summed E-state index contributed by atoms with van der Waals surface area (Å²) < 4.78 is 4.97. The number of hydrogen-bond acceptors (Lipinski definition) is 5. The monoisotopic (exact) mass is 387 g/mol. The van der Waals surface area contributed by atoms with Crippen LogP contribution in [0.3, 0.4) is 0 Å². The number of carbonyl (C=O) groups is 2. The Morgan fingerprint density at radius 3 is 2.62 bits per heavy atom. The van der Waals surface area contributed by atoms with Gasteiger partial charge in [0.2, 0.25) is 5.91 Å². The highest BCUT2D eigenvalue weighted by atomic mass is 35.5. The van der Waals surface area contributed by atoms with Gasteiger partial charge in [-0.1, -0.05) is 29.3 Å². The Bertz CT molecular complexity index is 731. The van der Waals surface area contributed by atoms with Crippen molar-refractivity contribution >= 4 is 52.0 Å². The number of rotatable bonds is 6. The van der Waals surface area contributed by atoms with Crippen LogP contribution in [-0.4, -0.2) is 42.4 Å². The third-order valence-corrected chi connectivity index (χ3v) is 4.45. The number of anilines is 1. The molecule has 0 unspecified atom stereocenters. The molecule has 1 N–H and O–H groups in total. The first-order chi connectivity index (χ1) is 11.4. The molecule has 2 rings (SSSR count). The molecule has 0 aliphatic carbocycles. The fourth-order valence-corrected chi connectivity index (χ4v) is 3.11. The largest absolute Gasteiger partial charge is 0.378 e. The summed E-state index contributed by atoms with van der Waals surface area (Å²) in [5.74, 6) is -0.762. The van der Waals surface area contributed by atoms with Crippen molar-refractivity contribution < 1.29 is 14.3 Å². The summed E-state index contributed by atoms with van der Waals surface area (Å²) in [6.45, 7) is 0.185. The maximum atomic E-state index is 12.3. The fraction of sp³-hybridized carbons (Fsp3) is 0.267. The van der Waals surface area contributed by atoms with Gasteiger partial charge in [-0.3, -0.25) is 9.59 Å². The van der Waals surface area contributed by atoms with Crippen LogP contribution in [0.25, 0.3) is 0 Å². The molecule has 9 heteroatoms. The van der Waals surface area contributed by atoms with Gasteiger partial charge in [0.15, 0.2) is 0 Å². The Hall–Kier alpha value is -1.67. The molecular weight excluding hydrogens is 373 g/mol. The summed E-state index contributed by atoms with van der Waals surface area (Å²) in [4.78, 5) is 29.8. The van der Waals surface area contributed by atoms with E-state index in [9.17, 15) is 9.59 Å². The van der Waals surface area contributed by atoms with Gasteiger partial charge >= 0.3 is 0 Å². The summed E-state index contributed by atoms with van der Waals surface area (Å²) in [6, 6.07) is 4.91. The van der Waals surface area contributed by atoms with E-state index >= 15 is 0 Å². The molecule has 0 atom stereocenters. The highest BCUT2D eigenvalue weighted by Crippen LogP contribution is 2.29. The van der Waals surface area contributed by atoms with E-state index in [-0.39, 0.29) is 18.1 Å². The van der Waals surface area contributed by atoms with Crippen LogP contribution in [-0.2, 0) is 16.1 Å². The van der Waals surface area contributed by atoms with E-state index in [1.165, 1.54) is 23.3 Å². The maximum Gasteiger partial charge on any atom is 0.273 e. The zero-order chi connectivity index (χ0) is 17.7. The molecule has 0 spiro atoms. The van der Waals surface area contributed by atoms with Crippen molar-refractivity contribution in [3.05, 3.63) is 44.3 Å². The Labute approximate surface area is 153 Å². The molecule has 0 fully saturated rings. The van der Waals surface area contributed by atoms with Crippen LogP contribution < -0.4 is 5.32 Å². The molecule has 1 aromatic carbocycles. The molecular formula is C15H15Cl2N3O3S. The highest BCUT2D eigenvalue weighted by Gasteiger charge is 2.19. The zero-order valence-electron chi connectivity index (χ0n) is 13.0. The molecule has 0 aliphatic heterocycles. The van der Waals surface area contributed by atoms with E-state index in [4.69, 9.17) is 27.9 Å². The number of thiazole rings is 1. The Morgan fingerprint density at radius 2 is 2.00 bits per heavy atom. The summed E-state index contributed by atoms with van der Waals surface area (Å²) in [7, 11) is 3.07. The molecule has 6 nitrogen and oxygen atoms in total.